The summed E-state index contributed by atoms with van der Waals surface area (Å²) in [5, 5.41) is 3.15. The van der Waals surface area contributed by atoms with Gasteiger partial charge in [0.15, 0.2) is 5.76 Å². The van der Waals surface area contributed by atoms with Gasteiger partial charge in [-0.05, 0) is 42.7 Å². The van der Waals surface area contributed by atoms with Crippen molar-refractivity contribution in [1.29, 1.82) is 0 Å². The smallest absolute Gasteiger partial charge is 0.287 e. The summed E-state index contributed by atoms with van der Waals surface area (Å²) in [5.74, 6) is 2.22. The molecule has 3 nitrogen and oxygen atoms in total. The standard InChI is InChI=1S/C15H23NO2/c1-10(2)12-7-6-11(3)9-13(12)16-15(17)14-5-4-8-18-14/h4-5,8,10-13H,6-7,9H2,1-3H3,(H,16,17)/t11-,12-,13+/m0/s1. The van der Waals surface area contributed by atoms with Crippen LogP contribution in [0, 0.1) is 17.8 Å². The molecule has 1 aromatic heterocycles. The second-order valence-electron chi connectivity index (χ2n) is 5.88. The number of furan rings is 1. The van der Waals surface area contributed by atoms with E-state index < -0.39 is 0 Å². The minimum Gasteiger partial charge on any atom is -0.459 e. The molecule has 18 heavy (non-hydrogen) atoms. The van der Waals surface area contributed by atoms with Gasteiger partial charge in [0.1, 0.15) is 0 Å². The predicted octanol–water partition coefficient (Wildman–Crippen LogP) is 3.47. The van der Waals surface area contributed by atoms with Gasteiger partial charge in [-0.25, -0.2) is 0 Å². The van der Waals surface area contributed by atoms with Crippen LogP contribution >= 0.6 is 0 Å². The Morgan fingerprint density at radius 2 is 2.22 bits per heavy atom. The van der Waals surface area contributed by atoms with E-state index in [1.54, 1.807) is 18.4 Å². The van der Waals surface area contributed by atoms with Gasteiger partial charge >= 0.3 is 0 Å². The lowest BCUT2D eigenvalue weighted by Gasteiger charge is -2.37. The maximum absolute atomic E-state index is 12.0. The van der Waals surface area contributed by atoms with E-state index in [2.05, 4.69) is 26.1 Å². The topological polar surface area (TPSA) is 42.2 Å². The van der Waals surface area contributed by atoms with Crippen molar-refractivity contribution >= 4 is 5.91 Å². The fourth-order valence-corrected chi connectivity index (χ4v) is 3.02. The molecule has 0 saturated heterocycles. The van der Waals surface area contributed by atoms with Crippen LogP contribution in [-0.2, 0) is 0 Å². The fourth-order valence-electron chi connectivity index (χ4n) is 3.02. The van der Waals surface area contributed by atoms with Crippen LogP contribution in [-0.4, -0.2) is 11.9 Å². The van der Waals surface area contributed by atoms with Crippen molar-refractivity contribution in [2.75, 3.05) is 0 Å². The quantitative estimate of drug-likeness (QED) is 0.891. The van der Waals surface area contributed by atoms with Crippen molar-refractivity contribution in [2.24, 2.45) is 17.8 Å². The Labute approximate surface area is 109 Å². The average molecular weight is 249 g/mol. The molecular formula is C15H23NO2. The molecule has 1 amide bonds. The van der Waals surface area contributed by atoms with E-state index in [0.29, 0.717) is 23.5 Å². The molecule has 0 aliphatic heterocycles. The Morgan fingerprint density at radius 1 is 1.44 bits per heavy atom. The molecule has 1 aliphatic rings. The Kier molecular flexibility index (Phi) is 4.10. The number of rotatable bonds is 3. The van der Waals surface area contributed by atoms with E-state index in [4.69, 9.17) is 4.42 Å². The van der Waals surface area contributed by atoms with Gasteiger partial charge < -0.3 is 9.73 Å². The minimum atomic E-state index is -0.0789. The molecule has 1 heterocycles. The molecule has 1 saturated carbocycles. The molecule has 0 unspecified atom stereocenters. The van der Waals surface area contributed by atoms with E-state index in [-0.39, 0.29) is 11.9 Å². The zero-order valence-electron chi connectivity index (χ0n) is 11.5. The minimum absolute atomic E-state index is 0.0789. The highest BCUT2D eigenvalue weighted by atomic mass is 16.3. The Balaban J connectivity index is 2.02. The molecule has 2 rings (SSSR count). The Morgan fingerprint density at radius 3 is 2.83 bits per heavy atom. The normalized spacial score (nSPS) is 28.3. The first-order chi connectivity index (χ1) is 8.58. The largest absolute Gasteiger partial charge is 0.459 e. The number of hydrogen-bond acceptors (Lipinski definition) is 2. The number of amides is 1. The number of carbonyl (C=O) groups is 1. The third-order valence-corrected chi connectivity index (χ3v) is 4.08. The number of hydrogen-bond donors (Lipinski definition) is 1. The van der Waals surface area contributed by atoms with E-state index in [0.717, 1.165) is 6.42 Å². The van der Waals surface area contributed by atoms with E-state index >= 15 is 0 Å². The molecule has 3 atom stereocenters. The van der Waals surface area contributed by atoms with Crippen molar-refractivity contribution in [3.63, 3.8) is 0 Å². The zero-order valence-corrected chi connectivity index (χ0v) is 11.5. The van der Waals surface area contributed by atoms with Crippen LogP contribution in [0.1, 0.15) is 50.6 Å². The average Bonchev–Trinajstić information content (AvgIpc) is 2.81. The third kappa shape index (κ3) is 2.95. The summed E-state index contributed by atoms with van der Waals surface area (Å²) in [6.07, 6.45) is 5.10. The summed E-state index contributed by atoms with van der Waals surface area (Å²) >= 11 is 0. The van der Waals surface area contributed by atoms with Crippen LogP contribution in [0.2, 0.25) is 0 Å². The summed E-state index contributed by atoms with van der Waals surface area (Å²) < 4.78 is 5.15. The van der Waals surface area contributed by atoms with Crippen molar-refractivity contribution in [3.8, 4) is 0 Å². The van der Waals surface area contributed by atoms with E-state index in [9.17, 15) is 4.79 Å². The summed E-state index contributed by atoms with van der Waals surface area (Å²) in [6, 6.07) is 3.75. The molecule has 3 heteroatoms. The van der Waals surface area contributed by atoms with Crippen LogP contribution in [0.4, 0.5) is 0 Å². The molecule has 0 aromatic carbocycles. The maximum Gasteiger partial charge on any atom is 0.287 e. The third-order valence-electron chi connectivity index (χ3n) is 4.08. The lowest BCUT2D eigenvalue weighted by Crippen LogP contribution is -2.45. The Hall–Kier alpha value is -1.25. The molecule has 0 bridgehead atoms. The first kappa shape index (κ1) is 13.2. The van der Waals surface area contributed by atoms with Gasteiger partial charge in [-0.1, -0.05) is 27.2 Å². The molecule has 0 spiro atoms. The van der Waals surface area contributed by atoms with Gasteiger partial charge in [0.2, 0.25) is 0 Å². The lowest BCUT2D eigenvalue weighted by atomic mass is 9.74. The highest BCUT2D eigenvalue weighted by molar-refractivity contribution is 5.91. The van der Waals surface area contributed by atoms with Crippen molar-refractivity contribution in [3.05, 3.63) is 24.2 Å². The summed E-state index contributed by atoms with van der Waals surface area (Å²) in [6.45, 7) is 6.75. The van der Waals surface area contributed by atoms with Crippen LogP contribution in [0.25, 0.3) is 0 Å². The number of nitrogens with one attached hydrogen (secondary N) is 1. The van der Waals surface area contributed by atoms with Gasteiger partial charge in [0, 0.05) is 6.04 Å². The van der Waals surface area contributed by atoms with E-state index in [1.807, 2.05) is 0 Å². The van der Waals surface area contributed by atoms with Crippen molar-refractivity contribution in [1.82, 2.24) is 5.32 Å². The summed E-state index contributed by atoms with van der Waals surface area (Å²) in [4.78, 5) is 12.0. The van der Waals surface area contributed by atoms with Crippen LogP contribution in [0.5, 0.6) is 0 Å². The second-order valence-corrected chi connectivity index (χ2v) is 5.88. The molecule has 1 aromatic rings. The van der Waals surface area contributed by atoms with Crippen LogP contribution in [0.15, 0.2) is 22.8 Å². The highest BCUT2D eigenvalue weighted by Gasteiger charge is 2.32. The first-order valence-electron chi connectivity index (χ1n) is 6.92. The van der Waals surface area contributed by atoms with Crippen LogP contribution < -0.4 is 5.32 Å². The lowest BCUT2D eigenvalue weighted by molar-refractivity contribution is 0.0840. The second kappa shape index (κ2) is 5.59. The molecular weight excluding hydrogens is 226 g/mol. The van der Waals surface area contributed by atoms with Crippen molar-refractivity contribution in [2.45, 2.75) is 46.1 Å². The maximum atomic E-state index is 12.0. The summed E-state index contributed by atoms with van der Waals surface area (Å²) in [7, 11) is 0. The van der Waals surface area contributed by atoms with Gasteiger partial charge in [0.25, 0.3) is 5.91 Å². The van der Waals surface area contributed by atoms with Crippen molar-refractivity contribution < 1.29 is 9.21 Å². The van der Waals surface area contributed by atoms with Gasteiger partial charge in [-0.3, -0.25) is 4.79 Å². The van der Waals surface area contributed by atoms with Gasteiger partial charge in [-0.2, -0.15) is 0 Å². The predicted molar refractivity (Wildman–Crippen MR) is 71.3 cm³/mol. The number of carbonyl (C=O) groups excluding carboxylic acids is 1. The highest BCUT2D eigenvalue weighted by Crippen LogP contribution is 2.33. The van der Waals surface area contributed by atoms with Crippen LogP contribution in [0.3, 0.4) is 0 Å². The molecule has 0 radical (unpaired) electrons. The SMILES string of the molecule is CC(C)[C@@H]1CC[C@H](C)C[C@H]1NC(=O)c1ccco1. The monoisotopic (exact) mass is 249 g/mol. The van der Waals surface area contributed by atoms with E-state index in [1.165, 1.54) is 12.8 Å². The zero-order chi connectivity index (χ0) is 13.1. The van der Waals surface area contributed by atoms with Gasteiger partial charge in [-0.15, -0.1) is 0 Å². The summed E-state index contributed by atoms with van der Waals surface area (Å²) in [5.41, 5.74) is 0. The first-order valence-corrected chi connectivity index (χ1v) is 6.92. The molecule has 100 valence electrons. The fraction of sp³-hybridized carbons (Fsp3) is 0.667. The molecule has 1 fully saturated rings. The Bertz CT molecular complexity index is 383. The molecule has 1 aliphatic carbocycles. The molecule has 1 N–H and O–H groups in total. The van der Waals surface area contributed by atoms with Gasteiger partial charge in [0.05, 0.1) is 6.26 Å².